The number of esters is 2. The van der Waals surface area contributed by atoms with Crippen LogP contribution in [0.4, 0.5) is 0 Å². The monoisotopic (exact) mass is 369 g/mol. The second-order valence-corrected chi connectivity index (χ2v) is 6.08. The maximum absolute atomic E-state index is 11.8. The van der Waals surface area contributed by atoms with Crippen molar-refractivity contribution in [2.24, 2.45) is 5.92 Å². The normalized spacial score (nSPS) is 30.2. The number of ether oxygens (including phenoxy) is 5. The van der Waals surface area contributed by atoms with Crippen molar-refractivity contribution < 1.29 is 33.3 Å². The number of nitrogens with zero attached hydrogens (tertiary/aromatic N) is 3. The van der Waals surface area contributed by atoms with E-state index in [1.807, 2.05) is 6.92 Å². The summed E-state index contributed by atoms with van der Waals surface area (Å²) in [6, 6.07) is -0.221. The van der Waals surface area contributed by atoms with E-state index in [0.29, 0.717) is 13.0 Å². The lowest BCUT2D eigenvalue weighted by Crippen LogP contribution is -2.28. The third-order valence-electron chi connectivity index (χ3n) is 4.36. The molecule has 10 nitrogen and oxygen atoms in total. The average molecular weight is 369 g/mol. The molecule has 3 rings (SSSR count). The van der Waals surface area contributed by atoms with Crippen LogP contribution in [0.2, 0.25) is 0 Å². The summed E-state index contributed by atoms with van der Waals surface area (Å²) in [7, 11) is 0. The summed E-state index contributed by atoms with van der Waals surface area (Å²) < 4.78 is 28.7. The Morgan fingerprint density at radius 3 is 2.69 bits per heavy atom. The maximum Gasteiger partial charge on any atom is 0.378 e. The summed E-state index contributed by atoms with van der Waals surface area (Å²) in [5.74, 6) is -1.01. The van der Waals surface area contributed by atoms with Crippen LogP contribution in [0.5, 0.6) is 0 Å². The van der Waals surface area contributed by atoms with Crippen molar-refractivity contribution in [3.8, 4) is 0 Å². The van der Waals surface area contributed by atoms with Crippen LogP contribution in [0.25, 0.3) is 0 Å². The zero-order valence-corrected chi connectivity index (χ0v) is 15.0. The summed E-state index contributed by atoms with van der Waals surface area (Å²) in [6.45, 7) is 5.06. The molecule has 144 valence electrons. The first kappa shape index (κ1) is 18.7. The van der Waals surface area contributed by atoms with Crippen LogP contribution in [0.15, 0.2) is 6.33 Å². The van der Waals surface area contributed by atoms with E-state index in [2.05, 4.69) is 10.1 Å². The Morgan fingerprint density at radius 2 is 2.00 bits per heavy atom. The van der Waals surface area contributed by atoms with E-state index in [-0.39, 0.29) is 49.2 Å². The van der Waals surface area contributed by atoms with Crippen molar-refractivity contribution in [1.29, 1.82) is 0 Å². The molecule has 0 amide bonds. The van der Waals surface area contributed by atoms with E-state index in [1.165, 1.54) is 13.3 Å². The summed E-state index contributed by atoms with van der Waals surface area (Å²) in [6.07, 6.45) is 1.43. The summed E-state index contributed by atoms with van der Waals surface area (Å²) in [5, 5.41) is 4.22. The average Bonchev–Trinajstić information content (AvgIpc) is 3.28. The standard InChI is InChI=1S/C16H23N3O7/c1-4-22-15(21)14-17-8-19(18-14)11-6-10(7-24-9(3)20)12-13(11)26-16(25-12)23-5-2/h8,10-13,16H,4-7H2,1-3H3/t10-,11-,12-,13+,16?/m1/s1. The zero-order chi connectivity index (χ0) is 18.7. The molecule has 10 heteroatoms. The van der Waals surface area contributed by atoms with E-state index < -0.39 is 12.4 Å². The number of fused-ring (bicyclic) bond motifs is 1. The fourth-order valence-corrected chi connectivity index (χ4v) is 3.30. The largest absolute Gasteiger partial charge is 0.465 e. The molecule has 0 aromatic carbocycles. The molecule has 1 aromatic rings. The molecule has 1 unspecified atom stereocenters. The fraction of sp³-hybridized carbons (Fsp3) is 0.750. The van der Waals surface area contributed by atoms with Gasteiger partial charge in [0, 0.05) is 19.4 Å². The van der Waals surface area contributed by atoms with E-state index in [9.17, 15) is 9.59 Å². The summed E-state index contributed by atoms with van der Waals surface area (Å²) in [5.41, 5.74) is 0. The van der Waals surface area contributed by atoms with E-state index >= 15 is 0 Å². The minimum atomic E-state index is -0.773. The fourth-order valence-electron chi connectivity index (χ4n) is 3.30. The number of aromatic nitrogens is 3. The van der Waals surface area contributed by atoms with Crippen LogP contribution in [0, 0.1) is 5.92 Å². The molecule has 1 saturated heterocycles. The molecule has 1 aliphatic carbocycles. The molecule has 5 atom stereocenters. The van der Waals surface area contributed by atoms with Crippen LogP contribution < -0.4 is 0 Å². The number of hydrogen-bond donors (Lipinski definition) is 0. The minimum Gasteiger partial charge on any atom is -0.465 e. The maximum atomic E-state index is 11.8. The first-order valence-corrected chi connectivity index (χ1v) is 8.67. The Balaban J connectivity index is 1.75. The van der Waals surface area contributed by atoms with E-state index in [0.717, 1.165) is 0 Å². The van der Waals surface area contributed by atoms with Crippen LogP contribution in [-0.2, 0) is 28.5 Å². The van der Waals surface area contributed by atoms with Crippen molar-refractivity contribution >= 4 is 11.9 Å². The van der Waals surface area contributed by atoms with Gasteiger partial charge in [0.05, 0.1) is 25.4 Å². The van der Waals surface area contributed by atoms with Gasteiger partial charge in [-0.3, -0.25) is 4.79 Å². The summed E-state index contributed by atoms with van der Waals surface area (Å²) >= 11 is 0. The van der Waals surface area contributed by atoms with Crippen LogP contribution in [0.3, 0.4) is 0 Å². The molecule has 26 heavy (non-hydrogen) atoms. The topological polar surface area (TPSA) is 111 Å². The highest BCUT2D eigenvalue weighted by molar-refractivity contribution is 5.84. The highest BCUT2D eigenvalue weighted by atomic mass is 16.9. The lowest BCUT2D eigenvalue weighted by Gasteiger charge is -2.18. The Bertz CT molecular complexity index is 650. The van der Waals surface area contributed by atoms with Gasteiger partial charge in [0.15, 0.2) is 0 Å². The lowest BCUT2D eigenvalue weighted by molar-refractivity contribution is -0.248. The molecule has 2 heterocycles. The smallest absolute Gasteiger partial charge is 0.378 e. The van der Waals surface area contributed by atoms with Gasteiger partial charge in [-0.1, -0.05) is 0 Å². The van der Waals surface area contributed by atoms with Crippen molar-refractivity contribution in [2.75, 3.05) is 19.8 Å². The van der Waals surface area contributed by atoms with Crippen molar-refractivity contribution in [1.82, 2.24) is 14.8 Å². The van der Waals surface area contributed by atoms with E-state index in [1.54, 1.807) is 11.6 Å². The molecule has 0 radical (unpaired) electrons. The lowest BCUT2D eigenvalue weighted by atomic mass is 10.1. The van der Waals surface area contributed by atoms with Gasteiger partial charge in [0.25, 0.3) is 12.3 Å². The molecule has 1 aliphatic heterocycles. The molecule has 1 saturated carbocycles. The van der Waals surface area contributed by atoms with Crippen molar-refractivity contribution in [3.63, 3.8) is 0 Å². The first-order valence-electron chi connectivity index (χ1n) is 8.67. The quantitative estimate of drug-likeness (QED) is 0.641. The molecule has 2 fully saturated rings. The molecule has 0 N–H and O–H groups in total. The van der Waals surface area contributed by atoms with Crippen LogP contribution in [-0.4, -0.2) is 65.2 Å². The molecule has 0 bridgehead atoms. The predicted molar refractivity (Wildman–Crippen MR) is 84.9 cm³/mol. The summed E-state index contributed by atoms with van der Waals surface area (Å²) in [4.78, 5) is 27.0. The van der Waals surface area contributed by atoms with E-state index in [4.69, 9.17) is 23.7 Å². The van der Waals surface area contributed by atoms with Crippen molar-refractivity contribution in [3.05, 3.63) is 12.2 Å². The van der Waals surface area contributed by atoms with Gasteiger partial charge < -0.3 is 23.7 Å². The number of carbonyl (C=O) groups is 2. The minimum absolute atomic E-state index is 0.00731. The molecule has 1 aromatic heterocycles. The predicted octanol–water partition coefficient (Wildman–Crippen LogP) is 0.683. The number of hydrogen-bond acceptors (Lipinski definition) is 9. The molecular weight excluding hydrogens is 346 g/mol. The van der Waals surface area contributed by atoms with Gasteiger partial charge >= 0.3 is 11.9 Å². The SMILES string of the molecule is CCOC(=O)c1ncn([C@@H]2C[C@H](COC(C)=O)[C@H]3OC(OCC)O[C@H]32)n1. The highest BCUT2D eigenvalue weighted by Gasteiger charge is 2.53. The van der Waals surface area contributed by atoms with Gasteiger partial charge in [-0.05, 0) is 20.3 Å². The second kappa shape index (κ2) is 8.11. The molecule has 0 spiro atoms. The first-order chi connectivity index (χ1) is 12.5. The Morgan fingerprint density at radius 1 is 1.23 bits per heavy atom. The number of carbonyl (C=O) groups excluding carboxylic acids is 2. The van der Waals surface area contributed by atoms with Gasteiger partial charge in [-0.2, -0.15) is 0 Å². The van der Waals surface area contributed by atoms with Crippen LogP contribution in [0.1, 0.15) is 43.9 Å². The third-order valence-corrected chi connectivity index (χ3v) is 4.36. The van der Waals surface area contributed by atoms with Gasteiger partial charge in [0.2, 0.25) is 0 Å². The van der Waals surface area contributed by atoms with Gasteiger partial charge in [-0.25, -0.2) is 14.5 Å². The molecule has 2 aliphatic rings. The second-order valence-electron chi connectivity index (χ2n) is 6.08. The Kier molecular flexibility index (Phi) is 5.84. The Labute approximate surface area is 150 Å². The third kappa shape index (κ3) is 3.87. The van der Waals surface area contributed by atoms with Crippen molar-refractivity contribution in [2.45, 2.75) is 51.9 Å². The number of rotatable bonds is 7. The zero-order valence-electron chi connectivity index (χ0n) is 15.0. The Hall–Kier alpha value is -2.04. The van der Waals surface area contributed by atoms with Gasteiger partial charge in [-0.15, -0.1) is 5.10 Å². The molecular formula is C16H23N3O7. The highest BCUT2D eigenvalue weighted by Crippen LogP contribution is 2.43. The van der Waals surface area contributed by atoms with Gasteiger partial charge in [0.1, 0.15) is 12.4 Å². The van der Waals surface area contributed by atoms with Crippen LogP contribution >= 0.6 is 0 Å².